The van der Waals surface area contributed by atoms with Gasteiger partial charge in [-0.3, -0.25) is 14.4 Å². The molecule has 2 amide bonds. The highest BCUT2D eigenvalue weighted by Gasteiger charge is 2.37. The summed E-state index contributed by atoms with van der Waals surface area (Å²) < 4.78 is 0. The number of rotatable bonds is 6. The van der Waals surface area contributed by atoms with E-state index in [4.69, 9.17) is 15.6 Å². The summed E-state index contributed by atoms with van der Waals surface area (Å²) in [5, 5.41) is 10.3. The maximum atomic E-state index is 12.3. The van der Waals surface area contributed by atoms with Crippen LogP contribution in [0.5, 0.6) is 0 Å². The van der Waals surface area contributed by atoms with E-state index in [1.165, 1.54) is 0 Å². The standard InChI is InChI=1S/C14H22N2O2.C2H4O2/c1-3-7-14(13(18)16-9-4-2)8-5-6-11(10-14)12(15)17;1-2(3)4/h5-6,8H,3-4,7,9-10H2,1-2H3,(H2,15,17)(H,16,18);1H3,(H,3,4). The predicted octanol–water partition coefficient (Wildman–Crippen LogP) is 1.76. The molecule has 124 valence electrons. The van der Waals surface area contributed by atoms with Gasteiger partial charge in [-0.15, -0.1) is 0 Å². The summed E-state index contributed by atoms with van der Waals surface area (Å²) in [6, 6.07) is 0. The number of aliphatic carboxylic acids is 1. The van der Waals surface area contributed by atoms with Crippen LogP contribution < -0.4 is 11.1 Å². The molecule has 0 fully saturated rings. The summed E-state index contributed by atoms with van der Waals surface area (Å²) in [6.07, 6.45) is 8.28. The van der Waals surface area contributed by atoms with Crippen LogP contribution in [0.3, 0.4) is 0 Å². The Bertz CT molecular complexity index is 465. The number of nitrogens with two attached hydrogens (primary N) is 1. The Morgan fingerprint density at radius 3 is 2.36 bits per heavy atom. The van der Waals surface area contributed by atoms with E-state index in [2.05, 4.69) is 5.32 Å². The van der Waals surface area contributed by atoms with Gasteiger partial charge in [-0.25, -0.2) is 0 Å². The van der Waals surface area contributed by atoms with Crippen LogP contribution in [0.4, 0.5) is 0 Å². The van der Waals surface area contributed by atoms with Gasteiger partial charge >= 0.3 is 0 Å². The third-order valence-corrected chi connectivity index (χ3v) is 3.22. The maximum absolute atomic E-state index is 12.3. The molecule has 0 spiro atoms. The van der Waals surface area contributed by atoms with E-state index in [0.29, 0.717) is 18.5 Å². The molecule has 1 aliphatic carbocycles. The van der Waals surface area contributed by atoms with Gasteiger partial charge in [0, 0.05) is 19.0 Å². The number of amides is 2. The highest BCUT2D eigenvalue weighted by molar-refractivity contribution is 5.95. The van der Waals surface area contributed by atoms with Crippen LogP contribution in [0.1, 0.15) is 46.5 Å². The zero-order valence-corrected chi connectivity index (χ0v) is 13.5. The van der Waals surface area contributed by atoms with Crippen molar-refractivity contribution in [1.29, 1.82) is 0 Å². The van der Waals surface area contributed by atoms with E-state index < -0.39 is 17.3 Å². The number of carbonyl (C=O) groups excluding carboxylic acids is 2. The molecule has 1 rings (SSSR count). The highest BCUT2D eigenvalue weighted by Crippen LogP contribution is 2.36. The minimum absolute atomic E-state index is 0.00528. The van der Waals surface area contributed by atoms with E-state index in [1.807, 2.05) is 19.9 Å². The van der Waals surface area contributed by atoms with Crippen LogP contribution in [0.2, 0.25) is 0 Å². The van der Waals surface area contributed by atoms with Crippen LogP contribution in [0, 0.1) is 5.41 Å². The first-order valence-electron chi connectivity index (χ1n) is 7.45. The summed E-state index contributed by atoms with van der Waals surface area (Å²) in [5.41, 5.74) is 5.23. The van der Waals surface area contributed by atoms with E-state index in [-0.39, 0.29) is 5.91 Å². The average molecular weight is 310 g/mol. The van der Waals surface area contributed by atoms with Gasteiger partial charge in [0.05, 0.1) is 5.41 Å². The van der Waals surface area contributed by atoms with Gasteiger partial charge in [0.15, 0.2) is 0 Å². The van der Waals surface area contributed by atoms with E-state index in [1.54, 1.807) is 12.2 Å². The van der Waals surface area contributed by atoms with Gasteiger partial charge in [0.1, 0.15) is 0 Å². The lowest BCUT2D eigenvalue weighted by Gasteiger charge is -2.31. The van der Waals surface area contributed by atoms with Crippen molar-refractivity contribution in [2.24, 2.45) is 11.1 Å². The molecule has 4 N–H and O–H groups in total. The van der Waals surface area contributed by atoms with Gasteiger partial charge < -0.3 is 16.2 Å². The lowest BCUT2D eigenvalue weighted by Crippen LogP contribution is -2.42. The van der Waals surface area contributed by atoms with Crippen LogP contribution in [0.25, 0.3) is 0 Å². The Balaban J connectivity index is 0.000000980. The fourth-order valence-corrected chi connectivity index (χ4v) is 2.28. The normalized spacial score (nSPS) is 19.5. The molecule has 6 heteroatoms. The molecule has 0 aromatic carbocycles. The molecule has 0 saturated carbocycles. The van der Waals surface area contributed by atoms with Crippen molar-refractivity contribution in [3.63, 3.8) is 0 Å². The Kier molecular flexibility index (Phi) is 8.82. The Hall–Kier alpha value is -2.11. The molecule has 22 heavy (non-hydrogen) atoms. The molecule has 6 nitrogen and oxygen atoms in total. The fraction of sp³-hybridized carbons (Fsp3) is 0.562. The molecule has 1 atom stereocenters. The fourth-order valence-electron chi connectivity index (χ4n) is 2.28. The van der Waals surface area contributed by atoms with Crippen molar-refractivity contribution in [2.75, 3.05) is 6.54 Å². The maximum Gasteiger partial charge on any atom is 0.300 e. The first-order chi connectivity index (χ1) is 10.3. The van der Waals surface area contributed by atoms with Crippen LogP contribution in [-0.4, -0.2) is 29.4 Å². The second-order valence-corrected chi connectivity index (χ2v) is 5.27. The molecule has 0 aliphatic heterocycles. The Morgan fingerprint density at radius 2 is 1.91 bits per heavy atom. The van der Waals surface area contributed by atoms with Crippen molar-refractivity contribution in [3.8, 4) is 0 Å². The number of carboxylic acids is 1. The molecule has 1 unspecified atom stereocenters. The third kappa shape index (κ3) is 6.56. The molecule has 0 bridgehead atoms. The van der Waals surface area contributed by atoms with E-state index in [0.717, 1.165) is 26.2 Å². The van der Waals surface area contributed by atoms with Crippen molar-refractivity contribution in [1.82, 2.24) is 5.32 Å². The first kappa shape index (κ1) is 19.9. The number of allylic oxidation sites excluding steroid dienone is 2. The summed E-state index contributed by atoms with van der Waals surface area (Å²) in [4.78, 5) is 32.6. The molecule has 0 radical (unpaired) electrons. The molecule has 1 aliphatic rings. The Labute approximate surface area is 131 Å². The third-order valence-electron chi connectivity index (χ3n) is 3.22. The van der Waals surface area contributed by atoms with Gasteiger partial charge in [-0.05, 0) is 19.3 Å². The molecule has 0 saturated heterocycles. The topological polar surface area (TPSA) is 109 Å². The molecular formula is C16H26N2O4. The van der Waals surface area contributed by atoms with Crippen molar-refractivity contribution in [2.45, 2.75) is 46.5 Å². The minimum Gasteiger partial charge on any atom is -0.481 e. The first-order valence-corrected chi connectivity index (χ1v) is 7.45. The van der Waals surface area contributed by atoms with Crippen molar-refractivity contribution < 1.29 is 19.5 Å². The van der Waals surface area contributed by atoms with E-state index in [9.17, 15) is 9.59 Å². The average Bonchev–Trinajstić information content (AvgIpc) is 2.44. The number of hydrogen-bond donors (Lipinski definition) is 3. The van der Waals surface area contributed by atoms with Crippen molar-refractivity contribution >= 4 is 17.8 Å². The number of carboxylic acid groups (broad SMARTS) is 1. The molecule has 0 heterocycles. The van der Waals surface area contributed by atoms with Crippen molar-refractivity contribution in [3.05, 3.63) is 23.8 Å². The van der Waals surface area contributed by atoms with Crippen LogP contribution >= 0.6 is 0 Å². The number of carbonyl (C=O) groups is 3. The quantitative estimate of drug-likeness (QED) is 0.694. The smallest absolute Gasteiger partial charge is 0.300 e. The zero-order valence-electron chi connectivity index (χ0n) is 13.5. The number of hydrogen-bond acceptors (Lipinski definition) is 3. The second-order valence-electron chi connectivity index (χ2n) is 5.27. The highest BCUT2D eigenvalue weighted by atomic mass is 16.4. The summed E-state index contributed by atoms with van der Waals surface area (Å²) in [5.74, 6) is -1.28. The predicted molar refractivity (Wildman–Crippen MR) is 85.0 cm³/mol. The van der Waals surface area contributed by atoms with Gasteiger partial charge in [-0.1, -0.05) is 38.5 Å². The molecule has 0 aromatic rings. The molecule has 0 aromatic heterocycles. The van der Waals surface area contributed by atoms with Gasteiger partial charge in [-0.2, -0.15) is 0 Å². The SMILES string of the molecule is CC(=O)O.CCCNC(=O)C1(CCC)C=CC=C(C(N)=O)C1. The Morgan fingerprint density at radius 1 is 1.32 bits per heavy atom. The van der Waals surface area contributed by atoms with Crippen LogP contribution in [0.15, 0.2) is 23.8 Å². The lowest BCUT2D eigenvalue weighted by atomic mass is 9.74. The van der Waals surface area contributed by atoms with Gasteiger partial charge in [0.2, 0.25) is 11.8 Å². The number of nitrogens with one attached hydrogen (secondary N) is 1. The number of primary amides is 1. The lowest BCUT2D eigenvalue weighted by molar-refractivity contribution is -0.134. The minimum atomic E-state index is -0.833. The van der Waals surface area contributed by atoms with Gasteiger partial charge in [0.25, 0.3) is 5.97 Å². The summed E-state index contributed by atoms with van der Waals surface area (Å²) >= 11 is 0. The van der Waals surface area contributed by atoms with Crippen LogP contribution in [-0.2, 0) is 14.4 Å². The molecular weight excluding hydrogens is 284 g/mol. The summed E-state index contributed by atoms with van der Waals surface area (Å²) in [7, 11) is 0. The van der Waals surface area contributed by atoms with E-state index >= 15 is 0 Å². The monoisotopic (exact) mass is 310 g/mol. The second kappa shape index (κ2) is 9.76. The largest absolute Gasteiger partial charge is 0.481 e. The zero-order chi connectivity index (χ0) is 17.2. The summed E-state index contributed by atoms with van der Waals surface area (Å²) in [6.45, 7) is 5.79.